The van der Waals surface area contributed by atoms with Gasteiger partial charge in [0, 0.05) is 12.8 Å². The predicted octanol–water partition coefficient (Wildman–Crippen LogP) is 5.04. The van der Waals surface area contributed by atoms with Crippen molar-refractivity contribution in [1.82, 2.24) is 0 Å². The summed E-state index contributed by atoms with van der Waals surface area (Å²) in [6.07, 6.45) is 9.98. The molecule has 104 valence electrons. The zero-order valence-corrected chi connectivity index (χ0v) is 12.2. The number of aryl methyl sites for hydroxylation is 1. The van der Waals surface area contributed by atoms with E-state index in [0.29, 0.717) is 11.7 Å². The molecular weight excluding hydrogens is 232 g/mol. The monoisotopic (exact) mass is 258 g/mol. The van der Waals surface area contributed by atoms with Gasteiger partial charge in [0.1, 0.15) is 5.78 Å². The van der Waals surface area contributed by atoms with Gasteiger partial charge in [0.05, 0.1) is 0 Å². The van der Waals surface area contributed by atoms with E-state index < -0.39 is 0 Å². The van der Waals surface area contributed by atoms with Crippen molar-refractivity contribution in [2.75, 3.05) is 0 Å². The molecule has 0 fully saturated rings. The van der Waals surface area contributed by atoms with Gasteiger partial charge < -0.3 is 0 Å². The van der Waals surface area contributed by atoms with E-state index in [1.807, 2.05) is 0 Å². The first-order valence-corrected chi connectivity index (χ1v) is 7.90. The maximum Gasteiger partial charge on any atom is 0.133 e. The highest BCUT2D eigenvalue weighted by Crippen LogP contribution is 2.34. The van der Waals surface area contributed by atoms with Crippen molar-refractivity contribution in [3.05, 3.63) is 35.4 Å². The summed E-state index contributed by atoms with van der Waals surface area (Å²) in [5.74, 6) is 0.960. The molecule has 1 aromatic rings. The minimum atomic E-state index is 0.470. The van der Waals surface area contributed by atoms with Gasteiger partial charge in [-0.15, -0.1) is 0 Å². The molecule has 1 heteroatoms. The zero-order valence-electron chi connectivity index (χ0n) is 12.2. The summed E-state index contributed by atoms with van der Waals surface area (Å²) >= 11 is 0. The van der Waals surface area contributed by atoms with Crippen molar-refractivity contribution in [2.45, 2.75) is 70.6 Å². The van der Waals surface area contributed by atoms with Crippen molar-refractivity contribution in [1.29, 1.82) is 0 Å². The Labute approximate surface area is 117 Å². The fraction of sp³-hybridized carbons (Fsp3) is 0.611. The van der Waals surface area contributed by atoms with Crippen LogP contribution in [0.3, 0.4) is 0 Å². The minimum Gasteiger partial charge on any atom is -0.300 e. The van der Waals surface area contributed by atoms with Crippen molar-refractivity contribution in [3.8, 4) is 0 Å². The summed E-state index contributed by atoms with van der Waals surface area (Å²) in [5, 5.41) is 0. The van der Waals surface area contributed by atoms with Crippen LogP contribution in [0.4, 0.5) is 0 Å². The van der Waals surface area contributed by atoms with Gasteiger partial charge in [-0.25, -0.2) is 0 Å². The van der Waals surface area contributed by atoms with Crippen LogP contribution < -0.4 is 0 Å². The Morgan fingerprint density at radius 2 is 2.05 bits per heavy atom. The fourth-order valence-corrected chi connectivity index (χ4v) is 3.19. The van der Waals surface area contributed by atoms with E-state index in [0.717, 1.165) is 19.3 Å². The van der Waals surface area contributed by atoms with Gasteiger partial charge >= 0.3 is 0 Å². The fourth-order valence-electron chi connectivity index (χ4n) is 3.19. The summed E-state index contributed by atoms with van der Waals surface area (Å²) < 4.78 is 0. The lowest BCUT2D eigenvalue weighted by molar-refractivity contribution is -0.119. The average molecular weight is 258 g/mol. The van der Waals surface area contributed by atoms with Crippen LogP contribution in [0.2, 0.25) is 0 Å². The lowest BCUT2D eigenvalue weighted by Crippen LogP contribution is -2.13. The first-order chi connectivity index (χ1) is 9.31. The van der Waals surface area contributed by atoms with E-state index in [1.165, 1.54) is 49.7 Å². The number of carbonyl (C=O) groups is 1. The molecule has 2 rings (SSSR count). The van der Waals surface area contributed by atoms with Crippen LogP contribution in [-0.2, 0) is 11.2 Å². The van der Waals surface area contributed by atoms with Gasteiger partial charge in [-0.3, -0.25) is 4.79 Å². The Bertz CT molecular complexity index is 408. The van der Waals surface area contributed by atoms with Crippen LogP contribution in [-0.4, -0.2) is 5.78 Å². The van der Waals surface area contributed by atoms with Gasteiger partial charge in [-0.05, 0) is 42.7 Å². The lowest BCUT2D eigenvalue weighted by atomic mass is 9.80. The number of rotatable bonds is 7. The van der Waals surface area contributed by atoms with Crippen molar-refractivity contribution < 1.29 is 4.79 Å². The topological polar surface area (TPSA) is 17.1 Å². The van der Waals surface area contributed by atoms with Crippen LogP contribution in [0, 0.1) is 0 Å². The largest absolute Gasteiger partial charge is 0.300 e. The first-order valence-electron chi connectivity index (χ1n) is 7.90. The number of unbranched alkanes of at least 4 members (excludes halogenated alkanes) is 3. The molecule has 0 amide bonds. The Balaban J connectivity index is 1.85. The molecule has 1 aromatic carbocycles. The highest BCUT2D eigenvalue weighted by atomic mass is 16.1. The number of hydrogen-bond acceptors (Lipinski definition) is 1. The molecule has 0 radical (unpaired) electrons. The summed E-state index contributed by atoms with van der Waals surface area (Å²) in [4.78, 5) is 12.1. The Hall–Kier alpha value is -1.11. The van der Waals surface area contributed by atoms with Crippen molar-refractivity contribution in [2.24, 2.45) is 0 Å². The number of fused-ring (bicyclic) bond motifs is 1. The molecule has 1 aliphatic rings. The second-order valence-electron chi connectivity index (χ2n) is 5.84. The number of benzene rings is 1. The molecule has 0 saturated carbocycles. The highest BCUT2D eigenvalue weighted by Gasteiger charge is 2.21. The average Bonchev–Trinajstić information content (AvgIpc) is 2.44. The van der Waals surface area contributed by atoms with E-state index in [9.17, 15) is 4.79 Å². The molecule has 1 atom stereocenters. The second-order valence-corrected chi connectivity index (χ2v) is 5.84. The van der Waals surface area contributed by atoms with Gasteiger partial charge in [-0.2, -0.15) is 0 Å². The highest BCUT2D eigenvalue weighted by molar-refractivity contribution is 5.79. The second kappa shape index (κ2) is 7.47. The molecule has 0 spiro atoms. The molecular formula is C18H26O. The summed E-state index contributed by atoms with van der Waals surface area (Å²) in [6.45, 7) is 2.21. The van der Waals surface area contributed by atoms with Crippen molar-refractivity contribution in [3.63, 3.8) is 0 Å². The maximum absolute atomic E-state index is 12.1. The lowest BCUT2D eigenvalue weighted by Gasteiger charge is -2.24. The predicted molar refractivity (Wildman–Crippen MR) is 80.5 cm³/mol. The summed E-state index contributed by atoms with van der Waals surface area (Å²) in [5.41, 5.74) is 2.91. The first kappa shape index (κ1) is 14.3. The van der Waals surface area contributed by atoms with Crippen LogP contribution in [0.15, 0.2) is 24.3 Å². The van der Waals surface area contributed by atoms with Crippen LogP contribution in [0.1, 0.15) is 75.3 Å². The molecule has 0 heterocycles. The zero-order chi connectivity index (χ0) is 13.5. The Morgan fingerprint density at radius 3 is 2.89 bits per heavy atom. The number of Topliss-reactive ketones (excluding diaryl/α,β-unsaturated/α-hetero) is 1. The standard InChI is InChI=1S/C18H26O/c1-2-3-4-5-12-17(19)14-16-11-8-10-15-9-6-7-13-18(15)16/h6-7,9,13,16H,2-5,8,10-12,14H2,1H3. The van der Waals surface area contributed by atoms with E-state index in [4.69, 9.17) is 0 Å². The summed E-state index contributed by atoms with van der Waals surface area (Å²) in [7, 11) is 0. The molecule has 0 aromatic heterocycles. The third-order valence-electron chi connectivity index (χ3n) is 4.28. The number of carbonyl (C=O) groups excluding carboxylic acids is 1. The molecule has 19 heavy (non-hydrogen) atoms. The summed E-state index contributed by atoms with van der Waals surface area (Å²) in [6, 6.07) is 8.69. The van der Waals surface area contributed by atoms with E-state index in [2.05, 4.69) is 31.2 Å². The Kier molecular flexibility index (Phi) is 5.62. The SMILES string of the molecule is CCCCCCC(=O)CC1CCCc2ccccc21. The molecule has 1 unspecified atom stereocenters. The van der Waals surface area contributed by atoms with Gasteiger partial charge in [0.15, 0.2) is 0 Å². The molecule has 1 aliphatic carbocycles. The normalized spacial score (nSPS) is 18.1. The van der Waals surface area contributed by atoms with Gasteiger partial charge in [-0.1, -0.05) is 50.5 Å². The molecule has 0 bridgehead atoms. The molecule has 1 nitrogen and oxygen atoms in total. The van der Waals surface area contributed by atoms with Gasteiger partial charge in [0.2, 0.25) is 0 Å². The smallest absolute Gasteiger partial charge is 0.133 e. The maximum atomic E-state index is 12.1. The number of ketones is 1. The van der Waals surface area contributed by atoms with Crippen LogP contribution >= 0.6 is 0 Å². The molecule has 0 N–H and O–H groups in total. The quantitative estimate of drug-likeness (QED) is 0.626. The van der Waals surface area contributed by atoms with E-state index in [-0.39, 0.29) is 0 Å². The van der Waals surface area contributed by atoms with E-state index in [1.54, 1.807) is 0 Å². The third kappa shape index (κ3) is 4.19. The third-order valence-corrected chi connectivity index (χ3v) is 4.28. The molecule has 0 saturated heterocycles. The van der Waals surface area contributed by atoms with Crippen LogP contribution in [0.5, 0.6) is 0 Å². The molecule has 0 aliphatic heterocycles. The Morgan fingerprint density at radius 1 is 1.21 bits per heavy atom. The number of hydrogen-bond donors (Lipinski definition) is 0. The van der Waals surface area contributed by atoms with Crippen LogP contribution in [0.25, 0.3) is 0 Å². The van der Waals surface area contributed by atoms with Crippen molar-refractivity contribution >= 4 is 5.78 Å². The van der Waals surface area contributed by atoms with E-state index >= 15 is 0 Å². The van der Waals surface area contributed by atoms with Gasteiger partial charge in [0.25, 0.3) is 0 Å². The minimum absolute atomic E-state index is 0.470.